The molecular formula is C20H23N3O2. The van der Waals surface area contributed by atoms with Crippen molar-refractivity contribution >= 4 is 18.0 Å². The monoisotopic (exact) mass is 337 g/mol. The maximum absolute atomic E-state index is 12.0. The minimum atomic E-state index is -0.328. The Bertz CT molecular complexity index is 770. The predicted octanol–water partition coefficient (Wildman–Crippen LogP) is 3.11. The Morgan fingerprint density at radius 3 is 1.88 bits per heavy atom. The second-order valence-electron chi connectivity index (χ2n) is 6.73. The van der Waals surface area contributed by atoms with E-state index in [1.54, 1.807) is 37.5 Å². The van der Waals surface area contributed by atoms with Crippen LogP contribution in [0.25, 0.3) is 0 Å². The van der Waals surface area contributed by atoms with E-state index in [9.17, 15) is 9.59 Å². The molecule has 2 N–H and O–H groups in total. The van der Waals surface area contributed by atoms with Crippen LogP contribution in [0.4, 0.5) is 0 Å². The van der Waals surface area contributed by atoms with Crippen molar-refractivity contribution in [2.45, 2.75) is 26.2 Å². The molecule has 0 aliphatic rings. The molecule has 2 aromatic rings. The van der Waals surface area contributed by atoms with Crippen molar-refractivity contribution in [1.29, 1.82) is 0 Å². The molecule has 0 saturated heterocycles. The van der Waals surface area contributed by atoms with Crippen LogP contribution >= 0.6 is 0 Å². The van der Waals surface area contributed by atoms with Crippen LogP contribution in [0.2, 0.25) is 0 Å². The fraction of sp³-hybridized carbons (Fsp3) is 0.250. The molecule has 0 atom stereocenters. The molecule has 5 heteroatoms. The van der Waals surface area contributed by atoms with Gasteiger partial charge in [0.2, 0.25) is 0 Å². The molecule has 0 fully saturated rings. The smallest absolute Gasteiger partial charge is 0.271 e. The Balaban J connectivity index is 1.97. The average molecular weight is 337 g/mol. The third kappa shape index (κ3) is 5.01. The molecule has 0 heterocycles. The van der Waals surface area contributed by atoms with Gasteiger partial charge in [-0.2, -0.15) is 5.10 Å². The zero-order valence-electron chi connectivity index (χ0n) is 15.0. The number of benzene rings is 2. The highest BCUT2D eigenvalue weighted by molar-refractivity contribution is 5.98. The quantitative estimate of drug-likeness (QED) is 0.665. The fourth-order valence-electron chi connectivity index (χ4n) is 2.22. The topological polar surface area (TPSA) is 70.6 Å². The SMILES string of the molecule is CNC(=O)c1ccc(C(=O)N/N=C/c2ccc(C(C)(C)C)cc2)cc1. The summed E-state index contributed by atoms with van der Waals surface area (Å²) in [7, 11) is 1.56. The summed E-state index contributed by atoms with van der Waals surface area (Å²) in [6, 6.07) is 14.4. The first-order valence-electron chi connectivity index (χ1n) is 8.07. The van der Waals surface area contributed by atoms with Crippen LogP contribution in [0.5, 0.6) is 0 Å². The van der Waals surface area contributed by atoms with Gasteiger partial charge in [0, 0.05) is 18.2 Å². The molecule has 130 valence electrons. The van der Waals surface area contributed by atoms with E-state index < -0.39 is 0 Å². The van der Waals surface area contributed by atoms with E-state index in [-0.39, 0.29) is 17.2 Å². The summed E-state index contributed by atoms with van der Waals surface area (Å²) in [5.41, 5.74) is 5.67. The van der Waals surface area contributed by atoms with Gasteiger partial charge in [-0.05, 0) is 40.8 Å². The maximum Gasteiger partial charge on any atom is 0.271 e. The number of hydrazone groups is 1. The summed E-state index contributed by atoms with van der Waals surface area (Å²) >= 11 is 0. The number of amides is 2. The molecule has 0 radical (unpaired) electrons. The van der Waals surface area contributed by atoms with Crippen LogP contribution in [0.1, 0.15) is 52.6 Å². The number of carbonyl (C=O) groups is 2. The van der Waals surface area contributed by atoms with E-state index in [1.165, 1.54) is 5.56 Å². The minimum Gasteiger partial charge on any atom is -0.355 e. The Morgan fingerprint density at radius 2 is 1.40 bits per heavy atom. The molecule has 0 aliphatic heterocycles. The first kappa shape index (κ1) is 18.4. The van der Waals surface area contributed by atoms with Gasteiger partial charge in [0.25, 0.3) is 11.8 Å². The van der Waals surface area contributed by atoms with E-state index in [0.29, 0.717) is 11.1 Å². The van der Waals surface area contributed by atoms with E-state index in [2.05, 4.69) is 48.7 Å². The highest BCUT2D eigenvalue weighted by atomic mass is 16.2. The number of hydrogen-bond donors (Lipinski definition) is 2. The van der Waals surface area contributed by atoms with Gasteiger partial charge < -0.3 is 5.32 Å². The molecule has 0 aromatic heterocycles. The van der Waals surface area contributed by atoms with Gasteiger partial charge in [0.15, 0.2) is 0 Å². The summed E-state index contributed by atoms with van der Waals surface area (Å²) in [6.07, 6.45) is 1.60. The number of rotatable bonds is 4. The van der Waals surface area contributed by atoms with Gasteiger partial charge in [-0.15, -0.1) is 0 Å². The van der Waals surface area contributed by atoms with E-state index in [0.717, 1.165) is 5.56 Å². The van der Waals surface area contributed by atoms with Crippen molar-refractivity contribution in [3.05, 3.63) is 70.8 Å². The number of nitrogens with zero attached hydrogens (tertiary/aromatic N) is 1. The maximum atomic E-state index is 12.0. The highest BCUT2D eigenvalue weighted by Gasteiger charge is 2.12. The predicted molar refractivity (Wildman–Crippen MR) is 100 cm³/mol. The summed E-state index contributed by atoms with van der Waals surface area (Å²) < 4.78 is 0. The first-order chi connectivity index (χ1) is 11.8. The third-order valence-corrected chi connectivity index (χ3v) is 3.79. The average Bonchev–Trinajstić information content (AvgIpc) is 2.60. The lowest BCUT2D eigenvalue weighted by atomic mass is 9.87. The normalized spacial score (nSPS) is 11.4. The van der Waals surface area contributed by atoms with E-state index in [1.807, 2.05) is 12.1 Å². The van der Waals surface area contributed by atoms with Gasteiger partial charge in [-0.3, -0.25) is 9.59 Å². The van der Waals surface area contributed by atoms with Crippen LogP contribution in [0, 0.1) is 0 Å². The summed E-state index contributed by atoms with van der Waals surface area (Å²) in [5, 5.41) is 6.51. The van der Waals surface area contributed by atoms with Crippen molar-refractivity contribution in [2.75, 3.05) is 7.05 Å². The minimum absolute atomic E-state index is 0.102. The van der Waals surface area contributed by atoms with Crippen molar-refractivity contribution < 1.29 is 9.59 Å². The molecule has 0 spiro atoms. The zero-order chi connectivity index (χ0) is 18.4. The zero-order valence-corrected chi connectivity index (χ0v) is 15.0. The summed E-state index contributed by atoms with van der Waals surface area (Å²) in [4.78, 5) is 23.5. The Hall–Kier alpha value is -2.95. The second kappa shape index (κ2) is 7.75. The summed E-state index contributed by atoms with van der Waals surface area (Å²) in [6.45, 7) is 6.48. The molecule has 5 nitrogen and oxygen atoms in total. The molecule has 2 rings (SSSR count). The number of carbonyl (C=O) groups excluding carboxylic acids is 2. The standard InChI is InChI=1S/C20H23N3O2/c1-20(2,3)17-11-5-14(6-12-17)13-22-23-19(25)16-9-7-15(8-10-16)18(24)21-4/h5-13H,1-4H3,(H,21,24)(H,23,25)/b22-13+. The highest BCUT2D eigenvalue weighted by Crippen LogP contribution is 2.21. The Kier molecular flexibility index (Phi) is 5.70. The van der Waals surface area contributed by atoms with Crippen molar-refractivity contribution in [1.82, 2.24) is 10.7 Å². The van der Waals surface area contributed by atoms with Crippen molar-refractivity contribution in [2.24, 2.45) is 5.10 Å². The van der Waals surface area contributed by atoms with E-state index in [4.69, 9.17) is 0 Å². The largest absolute Gasteiger partial charge is 0.355 e. The lowest BCUT2D eigenvalue weighted by Crippen LogP contribution is -2.19. The molecule has 2 amide bonds. The molecule has 2 aromatic carbocycles. The van der Waals surface area contributed by atoms with Crippen LogP contribution in [-0.4, -0.2) is 25.1 Å². The van der Waals surface area contributed by atoms with Crippen LogP contribution in [-0.2, 0) is 5.41 Å². The molecule has 0 unspecified atom stereocenters. The Morgan fingerprint density at radius 1 is 0.880 bits per heavy atom. The second-order valence-corrected chi connectivity index (χ2v) is 6.73. The summed E-state index contributed by atoms with van der Waals surface area (Å²) in [5.74, 6) is -0.519. The molecular weight excluding hydrogens is 314 g/mol. The van der Waals surface area contributed by atoms with E-state index >= 15 is 0 Å². The van der Waals surface area contributed by atoms with Crippen molar-refractivity contribution in [3.8, 4) is 0 Å². The fourth-order valence-corrected chi connectivity index (χ4v) is 2.22. The van der Waals surface area contributed by atoms with Gasteiger partial charge >= 0.3 is 0 Å². The lowest BCUT2D eigenvalue weighted by Gasteiger charge is -2.18. The van der Waals surface area contributed by atoms with Gasteiger partial charge in [0.05, 0.1) is 6.21 Å². The number of hydrogen-bond acceptors (Lipinski definition) is 3. The van der Waals surface area contributed by atoms with Gasteiger partial charge in [-0.25, -0.2) is 5.43 Å². The third-order valence-electron chi connectivity index (χ3n) is 3.79. The van der Waals surface area contributed by atoms with Gasteiger partial charge in [-0.1, -0.05) is 45.0 Å². The number of nitrogens with one attached hydrogen (secondary N) is 2. The van der Waals surface area contributed by atoms with Crippen LogP contribution < -0.4 is 10.7 Å². The van der Waals surface area contributed by atoms with Crippen LogP contribution in [0.3, 0.4) is 0 Å². The lowest BCUT2D eigenvalue weighted by molar-refractivity contribution is 0.0946. The van der Waals surface area contributed by atoms with Crippen LogP contribution in [0.15, 0.2) is 53.6 Å². The Labute approximate surface area is 148 Å². The van der Waals surface area contributed by atoms with Gasteiger partial charge in [0.1, 0.15) is 0 Å². The molecule has 25 heavy (non-hydrogen) atoms. The molecule has 0 bridgehead atoms. The first-order valence-corrected chi connectivity index (χ1v) is 8.07. The molecule has 0 saturated carbocycles. The van der Waals surface area contributed by atoms with Crippen molar-refractivity contribution in [3.63, 3.8) is 0 Å². The molecule has 0 aliphatic carbocycles.